The molecule has 1 amide bonds. The standard InChI is InChI=1S/C31H33NO10/c1-28(2,3)30(37)14-21-29(15-22(33)40-21)27(36)42-26-31(29,30)23(41-25(35)17-9-7-6-8-10-17)24(34)32(26)16-18-11-12-19(38-4)13-20(18)39-5/h6-13,21,23,26,37H,14-16H2,1-5H3/t21-,23-,26-,29-,30+,31+/m0/s1. The van der Waals surface area contributed by atoms with Gasteiger partial charge in [-0.2, -0.15) is 0 Å². The SMILES string of the molecule is COc1ccc(CN2C(=O)[C@H](OC(=O)c3ccccc3)[C@@]34[C@@H]2OC(=O)[C@@]32CC(=O)O[C@H]2C[C@@]4(O)C(C)(C)C)c(OC)c1. The van der Waals surface area contributed by atoms with E-state index >= 15 is 0 Å². The van der Waals surface area contributed by atoms with E-state index in [2.05, 4.69) is 0 Å². The van der Waals surface area contributed by atoms with E-state index in [0.717, 1.165) is 0 Å². The normalized spacial score (nSPS) is 33.0. The average Bonchev–Trinajstić information content (AvgIpc) is 3.57. The summed E-state index contributed by atoms with van der Waals surface area (Å²) in [6.07, 6.45) is -4.68. The number of hydrogen-bond donors (Lipinski definition) is 1. The fourth-order valence-corrected chi connectivity index (χ4v) is 7.67. The minimum absolute atomic E-state index is 0.110. The van der Waals surface area contributed by atoms with Crippen LogP contribution in [-0.4, -0.2) is 72.1 Å². The highest BCUT2D eigenvalue weighted by atomic mass is 16.6. The summed E-state index contributed by atoms with van der Waals surface area (Å²) in [7, 11) is 2.99. The Bertz CT molecular complexity index is 1480. The molecule has 1 N–H and O–H groups in total. The molecule has 1 saturated carbocycles. The largest absolute Gasteiger partial charge is 0.497 e. The van der Waals surface area contributed by atoms with Crippen molar-refractivity contribution in [3.8, 4) is 11.5 Å². The Kier molecular flexibility index (Phi) is 6.13. The molecule has 6 rings (SSSR count). The van der Waals surface area contributed by atoms with Crippen LogP contribution in [0.25, 0.3) is 0 Å². The fraction of sp³-hybridized carbons (Fsp3) is 0.484. The molecule has 11 nitrogen and oxygen atoms in total. The molecule has 2 aromatic rings. The average molecular weight is 580 g/mol. The van der Waals surface area contributed by atoms with Crippen molar-refractivity contribution in [2.75, 3.05) is 14.2 Å². The van der Waals surface area contributed by atoms with Crippen LogP contribution >= 0.6 is 0 Å². The zero-order chi connectivity index (χ0) is 30.2. The summed E-state index contributed by atoms with van der Waals surface area (Å²) in [5.74, 6) is -1.97. The van der Waals surface area contributed by atoms with Gasteiger partial charge in [0.05, 0.1) is 38.3 Å². The number of methoxy groups -OCH3 is 2. The first-order valence-corrected chi connectivity index (χ1v) is 13.8. The van der Waals surface area contributed by atoms with Crippen LogP contribution in [0.15, 0.2) is 48.5 Å². The Morgan fingerprint density at radius 3 is 2.40 bits per heavy atom. The number of likely N-dealkylation sites (tertiary alicyclic amines) is 1. The Hall–Kier alpha value is -4.12. The number of amides is 1. The van der Waals surface area contributed by atoms with Gasteiger partial charge in [0, 0.05) is 18.1 Å². The molecule has 4 fully saturated rings. The van der Waals surface area contributed by atoms with Gasteiger partial charge in [0.25, 0.3) is 5.91 Å². The lowest BCUT2D eigenvalue weighted by Gasteiger charge is -2.51. The van der Waals surface area contributed by atoms with Crippen molar-refractivity contribution in [1.29, 1.82) is 0 Å². The Balaban J connectivity index is 1.55. The van der Waals surface area contributed by atoms with Crippen LogP contribution in [0.5, 0.6) is 11.5 Å². The van der Waals surface area contributed by atoms with Crippen molar-refractivity contribution in [2.45, 2.75) is 64.2 Å². The molecule has 2 spiro atoms. The van der Waals surface area contributed by atoms with Crippen LogP contribution in [0.2, 0.25) is 0 Å². The molecular formula is C31H33NO10. The third-order valence-electron chi connectivity index (χ3n) is 9.64. The van der Waals surface area contributed by atoms with Gasteiger partial charge in [0.1, 0.15) is 28.4 Å². The van der Waals surface area contributed by atoms with Crippen LogP contribution in [0, 0.1) is 16.2 Å². The number of aliphatic hydroxyl groups is 1. The molecule has 3 heterocycles. The Morgan fingerprint density at radius 2 is 1.76 bits per heavy atom. The summed E-state index contributed by atoms with van der Waals surface area (Å²) < 4.78 is 28.5. The van der Waals surface area contributed by atoms with E-state index in [0.29, 0.717) is 17.1 Å². The third kappa shape index (κ3) is 3.37. The number of carbonyl (C=O) groups is 4. The summed E-state index contributed by atoms with van der Waals surface area (Å²) in [6.45, 7) is 5.20. The van der Waals surface area contributed by atoms with E-state index < -0.39 is 70.5 Å². The first-order valence-electron chi connectivity index (χ1n) is 13.8. The van der Waals surface area contributed by atoms with E-state index in [1.54, 1.807) is 69.3 Å². The van der Waals surface area contributed by atoms with Gasteiger partial charge in [0.2, 0.25) is 0 Å². The first kappa shape index (κ1) is 28.0. The van der Waals surface area contributed by atoms with E-state index in [1.165, 1.54) is 19.1 Å². The van der Waals surface area contributed by atoms with Crippen LogP contribution in [0.3, 0.4) is 0 Å². The van der Waals surface area contributed by atoms with Gasteiger partial charge in [-0.05, 0) is 29.7 Å². The molecule has 0 bridgehead atoms. The van der Waals surface area contributed by atoms with Crippen LogP contribution in [-0.2, 0) is 35.1 Å². The quantitative estimate of drug-likeness (QED) is 0.402. The minimum atomic E-state index is -1.87. The van der Waals surface area contributed by atoms with E-state index in [1.807, 2.05) is 0 Å². The van der Waals surface area contributed by atoms with Gasteiger partial charge < -0.3 is 28.8 Å². The molecule has 3 aliphatic heterocycles. The number of esters is 3. The van der Waals surface area contributed by atoms with Crippen LogP contribution in [0.4, 0.5) is 0 Å². The molecule has 0 unspecified atom stereocenters. The second-order valence-corrected chi connectivity index (χ2v) is 12.4. The molecule has 0 radical (unpaired) electrons. The van der Waals surface area contributed by atoms with Crippen molar-refractivity contribution >= 4 is 23.8 Å². The molecule has 1 aliphatic carbocycles. The highest BCUT2D eigenvalue weighted by molar-refractivity contribution is 5.99. The number of ether oxygens (including phenoxy) is 5. The lowest BCUT2D eigenvalue weighted by molar-refractivity contribution is -0.212. The molecule has 222 valence electrons. The van der Waals surface area contributed by atoms with Crippen molar-refractivity contribution in [1.82, 2.24) is 4.90 Å². The molecule has 3 saturated heterocycles. The smallest absolute Gasteiger partial charge is 0.338 e. The monoisotopic (exact) mass is 579 g/mol. The maximum atomic E-state index is 14.5. The predicted octanol–water partition coefficient (Wildman–Crippen LogP) is 2.62. The highest BCUT2D eigenvalue weighted by Gasteiger charge is 2.93. The summed E-state index contributed by atoms with van der Waals surface area (Å²) >= 11 is 0. The Labute approximate surface area is 242 Å². The lowest BCUT2D eigenvalue weighted by Crippen LogP contribution is -2.66. The minimum Gasteiger partial charge on any atom is -0.497 e. The van der Waals surface area contributed by atoms with E-state index in [9.17, 15) is 24.3 Å². The fourth-order valence-electron chi connectivity index (χ4n) is 7.67. The van der Waals surface area contributed by atoms with Gasteiger partial charge in [-0.3, -0.25) is 19.3 Å². The van der Waals surface area contributed by atoms with Gasteiger partial charge in [-0.1, -0.05) is 39.0 Å². The van der Waals surface area contributed by atoms with Gasteiger partial charge in [-0.25, -0.2) is 4.79 Å². The number of benzene rings is 2. The summed E-state index contributed by atoms with van der Waals surface area (Å²) in [6, 6.07) is 13.2. The first-order chi connectivity index (χ1) is 19.9. The second-order valence-electron chi connectivity index (χ2n) is 12.4. The highest BCUT2D eigenvalue weighted by Crippen LogP contribution is 2.76. The molecular weight excluding hydrogens is 546 g/mol. The zero-order valence-electron chi connectivity index (χ0n) is 24.0. The summed E-state index contributed by atoms with van der Waals surface area (Å²) in [5, 5.41) is 12.8. The number of carbonyl (C=O) groups excluding carboxylic acids is 4. The maximum Gasteiger partial charge on any atom is 0.338 e. The van der Waals surface area contributed by atoms with E-state index in [-0.39, 0.29) is 18.5 Å². The number of hydrogen-bond acceptors (Lipinski definition) is 10. The van der Waals surface area contributed by atoms with Crippen molar-refractivity contribution in [2.24, 2.45) is 16.2 Å². The van der Waals surface area contributed by atoms with E-state index in [4.69, 9.17) is 23.7 Å². The molecule has 4 aliphatic rings. The zero-order valence-corrected chi connectivity index (χ0v) is 24.0. The van der Waals surface area contributed by atoms with Crippen molar-refractivity contribution in [3.05, 3.63) is 59.7 Å². The van der Waals surface area contributed by atoms with Gasteiger partial charge in [-0.15, -0.1) is 0 Å². The topological polar surface area (TPSA) is 138 Å². The van der Waals surface area contributed by atoms with Crippen LogP contribution in [0.1, 0.15) is 49.5 Å². The Morgan fingerprint density at radius 1 is 1.05 bits per heavy atom. The van der Waals surface area contributed by atoms with Crippen LogP contribution < -0.4 is 9.47 Å². The maximum absolute atomic E-state index is 14.5. The van der Waals surface area contributed by atoms with Gasteiger partial charge >= 0.3 is 17.9 Å². The second kappa shape index (κ2) is 9.19. The number of rotatable bonds is 6. The number of nitrogens with zero attached hydrogens (tertiary/aromatic N) is 1. The summed E-state index contributed by atoms with van der Waals surface area (Å²) in [4.78, 5) is 56.0. The summed E-state index contributed by atoms with van der Waals surface area (Å²) in [5.41, 5.74) is -5.71. The molecule has 2 aromatic carbocycles. The predicted molar refractivity (Wildman–Crippen MR) is 144 cm³/mol. The molecule has 0 aromatic heterocycles. The van der Waals surface area contributed by atoms with Gasteiger partial charge in [0.15, 0.2) is 12.3 Å². The molecule has 42 heavy (non-hydrogen) atoms. The van der Waals surface area contributed by atoms with Crippen molar-refractivity contribution < 1.29 is 48.0 Å². The van der Waals surface area contributed by atoms with Crippen molar-refractivity contribution in [3.63, 3.8) is 0 Å². The third-order valence-corrected chi connectivity index (χ3v) is 9.64. The molecule has 6 atom stereocenters. The lowest BCUT2D eigenvalue weighted by atomic mass is 9.52. The molecule has 11 heteroatoms.